The van der Waals surface area contributed by atoms with E-state index in [4.69, 9.17) is 4.74 Å². The Kier molecular flexibility index (Phi) is 5.60. The summed E-state index contributed by atoms with van der Waals surface area (Å²) in [5, 5.41) is 11.6. The van der Waals surface area contributed by atoms with Crippen molar-refractivity contribution < 1.29 is 9.53 Å². The van der Waals surface area contributed by atoms with Crippen LogP contribution in [0.4, 0.5) is 5.82 Å². The molecule has 7 heteroatoms. The minimum atomic E-state index is -0.0585. The van der Waals surface area contributed by atoms with Crippen LogP contribution in [0.2, 0.25) is 0 Å². The molecule has 2 aliphatic rings. The fourth-order valence-corrected chi connectivity index (χ4v) is 3.54. The highest BCUT2D eigenvalue weighted by Gasteiger charge is 2.22. The number of benzene rings is 1. The van der Waals surface area contributed by atoms with Crippen molar-refractivity contribution in [2.24, 2.45) is 0 Å². The van der Waals surface area contributed by atoms with Crippen molar-refractivity contribution in [2.45, 2.75) is 13.0 Å². The number of nitrogens with zero attached hydrogens (tertiary/aromatic N) is 4. The molecule has 1 aromatic carbocycles. The Morgan fingerprint density at radius 2 is 1.85 bits per heavy atom. The Bertz CT molecular complexity index is 774. The SMILES string of the molecule is O=C(c1ccc(NCCN2CCOCC2)nn1)N1CCc2ccccc2C1. The van der Waals surface area contributed by atoms with E-state index < -0.39 is 0 Å². The van der Waals surface area contributed by atoms with Gasteiger partial charge in [0.05, 0.1) is 13.2 Å². The van der Waals surface area contributed by atoms with E-state index in [0.29, 0.717) is 18.1 Å². The van der Waals surface area contributed by atoms with E-state index in [1.54, 1.807) is 6.07 Å². The molecule has 1 saturated heterocycles. The summed E-state index contributed by atoms with van der Waals surface area (Å²) < 4.78 is 5.35. The summed E-state index contributed by atoms with van der Waals surface area (Å²) in [5.74, 6) is 0.640. The van der Waals surface area contributed by atoms with Crippen LogP contribution in [-0.4, -0.2) is 71.8 Å². The monoisotopic (exact) mass is 367 g/mol. The van der Waals surface area contributed by atoms with Crippen molar-refractivity contribution >= 4 is 11.7 Å². The number of carbonyl (C=O) groups excluding carboxylic acids is 1. The number of anilines is 1. The number of amides is 1. The number of ether oxygens (including phenoxy) is 1. The second-order valence-electron chi connectivity index (χ2n) is 6.93. The van der Waals surface area contributed by atoms with Gasteiger partial charge in [0, 0.05) is 39.3 Å². The molecule has 0 saturated carbocycles. The molecule has 7 nitrogen and oxygen atoms in total. The topological polar surface area (TPSA) is 70.6 Å². The molecular formula is C20H25N5O2. The molecule has 0 bridgehead atoms. The fraction of sp³-hybridized carbons (Fsp3) is 0.450. The lowest BCUT2D eigenvalue weighted by atomic mass is 10.00. The zero-order valence-corrected chi connectivity index (χ0v) is 15.4. The number of morpholine rings is 1. The minimum absolute atomic E-state index is 0.0585. The van der Waals surface area contributed by atoms with Gasteiger partial charge in [-0.2, -0.15) is 0 Å². The van der Waals surface area contributed by atoms with Crippen molar-refractivity contribution in [2.75, 3.05) is 51.3 Å². The van der Waals surface area contributed by atoms with Gasteiger partial charge in [-0.3, -0.25) is 9.69 Å². The van der Waals surface area contributed by atoms with Crippen LogP contribution in [0.1, 0.15) is 21.6 Å². The molecule has 1 amide bonds. The summed E-state index contributed by atoms with van der Waals surface area (Å²) >= 11 is 0. The van der Waals surface area contributed by atoms with Crippen molar-refractivity contribution in [1.82, 2.24) is 20.0 Å². The number of carbonyl (C=O) groups is 1. The highest BCUT2D eigenvalue weighted by Crippen LogP contribution is 2.19. The zero-order chi connectivity index (χ0) is 18.5. The Labute approximate surface area is 159 Å². The Morgan fingerprint density at radius 1 is 1.04 bits per heavy atom. The standard InChI is InChI=1S/C20H25N5O2/c26-20(25-9-7-16-3-1-2-4-17(16)15-25)18-5-6-19(23-22-18)21-8-10-24-11-13-27-14-12-24/h1-6H,7-15H2,(H,21,23). The van der Waals surface area contributed by atoms with Crippen molar-refractivity contribution in [3.05, 3.63) is 53.2 Å². The second kappa shape index (κ2) is 8.45. The van der Waals surface area contributed by atoms with Crippen LogP contribution in [0.5, 0.6) is 0 Å². The van der Waals surface area contributed by atoms with Gasteiger partial charge in [-0.25, -0.2) is 0 Å². The summed E-state index contributed by atoms with van der Waals surface area (Å²) in [6, 6.07) is 11.9. The maximum absolute atomic E-state index is 12.7. The van der Waals surface area contributed by atoms with Crippen LogP contribution >= 0.6 is 0 Å². The maximum atomic E-state index is 12.7. The molecule has 1 N–H and O–H groups in total. The van der Waals surface area contributed by atoms with E-state index in [1.807, 2.05) is 23.1 Å². The summed E-state index contributed by atoms with van der Waals surface area (Å²) in [6.07, 6.45) is 0.885. The van der Waals surface area contributed by atoms with Gasteiger partial charge in [0.2, 0.25) is 0 Å². The van der Waals surface area contributed by atoms with Crippen molar-refractivity contribution in [3.8, 4) is 0 Å². The van der Waals surface area contributed by atoms with Gasteiger partial charge in [0.1, 0.15) is 5.82 Å². The van der Waals surface area contributed by atoms with Crippen LogP contribution in [0.15, 0.2) is 36.4 Å². The number of fused-ring (bicyclic) bond motifs is 1. The molecule has 0 spiro atoms. The van der Waals surface area contributed by atoms with E-state index in [0.717, 1.165) is 52.4 Å². The van der Waals surface area contributed by atoms with E-state index in [1.165, 1.54) is 11.1 Å². The number of hydrogen-bond donors (Lipinski definition) is 1. The predicted molar refractivity (Wildman–Crippen MR) is 103 cm³/mol. The number of rotatable bonds is 5. The zero-order valence-electron chi connectivity index (χ0n) is 15.4. The average molecular weight is 367 g/mol. The molecule has 0 unspecified atom stereocenters. The summed E-state index contributed by atoms with van der Waals surface area (Å²) in [6.45, 7) is 6.64. The average Bonchev–Trinajstić information content (AvgIpc) is 2.74. The lowest BCUT2D eigenvalue weighted by Gasteiger charge is -2.28. The van der Waals surface area contributed by atoms with Gasteiger partial charge in [-0.05, 0) is 29.7 Å². The van der Waals surface area contributed by atoms with E-state index in [-0.39, 0.29) is 5.91 Å². The normalized spacial score (nSPS) is 17.4. The molecule has 0 atom stereocenters. The summed E-state index contributed by atoms with van der Waals surface area (Å²) in [5.41, 5.74) is 2.94. The third-order valence-electron chi connectivity index (χ3n) is 5.14. The Hall–Kier alpha value is -2.51. The molecule has 1 aromatic heterocycles. The Morgan fingerprint density at radius 3 is 2.63 bits per heavy atom. The highest BCUT2D eigenvalue weighted by atomic mass is 16.5. The third kappa shape index (κ3) is 4.43. The third-order valence-corrected chi connectivity index (χ3v) is 5.14. The molecule has 0 radical (unpaired) electrons. The summed E-state index contributed by atoms with van der Waals surface area (Å²) in [4.78, 5) is 16.9. The predicted octanol–water partition coefficient (Wildman–Crippen LogP) is 1.42. The minimum Gasteiger partial charge on any atom is -0.379 e. The second-order valence-corrected chi connectivity index (χ2v) is 6.93. The van der Waals surface area contributed by atoms with Crippen LogP contribution < -0.4 is 5.32 Å². The van der Waals surface area contributed by atoms with Gasteiger partial charge >= 0.3 is 0 Å². The van der Waals surface area contributed by atoms with Gasteiger partial charge in [0.15, 0.2) is 5.69 Å². The first-order valence-electron chi connectivity index (χ1n) is 9.53. The van der Waals surface area contributed by atoms with Gasteiger partial charge < -0.3 is 15.0 Å². The van der Waals surface area contributed by atoms with Crippen LogP contribution in [0.3, 0.4) is 0 Å². The highest BCUT2D eigenvalue weighted by molar-refractivity contribution is 5.92. The smallest absolute Gasteiger partial charge is 0.274 e. The fourth-order valence-electron chi connectivity index (χ4n) is 3.54. The lowest BCUT2D eigenvalue weighted by Crippen LogP contribution is -2.39. The van der Waals surface area contributed by atoms with Crippen LogP contribution in [-0.2, 0) is 17.7 Å². The molecule has 142 valence electrons. The van der Waals surface area contributed by atoms with E-state index in [9.17, 15) is 4.79 Å². The summed E-state index contributed by atoms with van der Waals surface area (Å²) in [7, 11) is 0. The quantitative estimate of drug-likeness (QED) is 0.862. The van der Waals surface area contributed by atoms with Crippen molar-refractivity contribution in [3.63, 3.8) is 0 Å². The first-order chi connectivity index (χ1) is 13.3. The van der Waals surface area contributed by atoms with Crippen LogP contribution in [0.25, 0.3) is 0 Å². The lowest BCUT2D eigenvalue weighted by molar-refractivity contribution is 0.0398. The van der Waals surface area contributed by atoms with Gasteiger partial charge in [-0.1, -0.05) is 24.3 Å². The van der Waals surface area contributed by atoms with Crippen LogP contribution in [0, 0.1) is 0 Å². The molecule has 1 fully saturated rings. The molecule has 3 heterocycles. The largest absolute Gasteiger partial charge is 0.379 e. The molecule has 2 aliphatic heterocycles. The molecule has 4 rings (SSSR count). The number of aromatic nitrogens is 2. The molecule has 2 aromatic rings. The Balaban J connectivity index is 1.30. The first-order valence-corrected chi connectivity index (χ1v) is 9.53. The van der Waals surface area contributed by atoms with Gasteiger partial charge in [-0.15, -0.1) is 10.2 Å². The van der Waals surface area contributed by atoms with Crippen molar-refractivity contribution in [1.29, 1.82) is 0 Å². The van der Waals surface area contributed by atoms with E-state index in [2.05, 4.69) is 32.5 Å². The molecule has 0 aliphatic carbocycles. The molecular weight excluding hydrogens is 342 g/mol. The number of hydrogen-bond acceptors (Lipinski definition) is 6. The van der Waals surface area contributed by atoms with E-state index >= 15 is 0 Å². The van der Waals surface area contributed by atoms with Gasteiger partial charge in [0.25, 0.3) is 5.91 Å². The maximum Gasteiger partial charge on any atom is 0.274 e. The first kappa shape index (κ1) is 17.9. The number of nitrogens with one attached hydrogen (secondary N) is 1. The molecule has 27 heavy (non-hydrogen) atoms.